The highest BCUT2D eigenvalue weighted by Crippen LogP contribution is 2.18. The second kappa shape index (κ2) is 4.70. The molecule has 0 atom stereocenters. The Labute approximate surface area is 95.4 Å². The maximum Gasteiger partial charge on any atom is 0.257 e. The van der Waals surface area contributed by atoms with Crippen LogP contribution in [-0.2, 0) is 0 Å². The molecule has 1 aliphatic rings. The Hall–Kier alpha value is -1.29. The van der Waals surface area contributed by atoms with Crippen molar-refractivity contribution in [3.63, 3.8) is 0 Å². The Morgan fingerprint density at radius 3 is 2.75 bits per heavy atom. The molecule has 1 aliphatic heterocycles. The summed E-state index contributed by atoms with van der Waals surface area (Å²) in [5.41, 5.74) is 6.28. The van der Waals surface area contributed by atoms with Gasteiger partial charge in [-0.25, -0.2) is 0 Å². The molecule has 2 heterocycles. The molecule has 1 saturated heterocycles. The molecule has 0 spiro atoms. The molecule has 2 N–H and O–H groups in total. The van der Waals surface area contributed by atoms with Gasteiger partial charge in [0.05, 0.1) is 5.56 Å². The minimum atomic E-state index is 0.0762. The maximum absolute atomic E-state index is 12.0. The van der Waals surface area contributed by atoms with Gasteiger partial charge in [0.2, 0.25) is 0 Å². The first-order chi connectivity index (χ1) is 7.70. The first-order valence-electron chi connectivity index (χ1n) is 5.75. The fraction of sp³-hybridized carbons (Fsp3) is 0.583. The highest BCUT2D eigenvalue weighted by atomic mass is 16.3. The van der Waals surface area contributed by atoms with Crippen molar-refractivity contribution in [2.24, 2.45) is 11.7 Å². The van der Waals surface area contributed by atoms with Gasteiger partial charge in [0.25, 0.3) is 5.91 Å². The van der Waals surface area contributed by atoms with Crippen LogP contribution in [0.2, 0.25) is 0 Å². The fourth-order valence-corrected chi connectivity index (χ4v) is 2.11. The average molecular weight is 222 g/mol. The third-order valence-corrected chi connectivity index (χ3v) is 3.21. The summed E-state index contributed by atoms with van der Waals surface area (Å²) in [6.07, 6.45) is 3.56. The number of hydrogen-bond acceptors (Lipinski definition) is 3. The van der Waals surface area contributed by atoms with Crippen LogP contribution >= 0.6 is 0 Å². The second-order valence-corrected chi connectivity index (χ2v) is 4.42. The summed E-state index contributed by atoms with van der Waals surface area (Å²) < 4.78 is 5.15. The van der Waals surface area contributed by atoms with Crippen LogP contribution in [0.5, 0.6) is 0 Å². The van der Waals surface area contributed by atoms with E-state index in [9.17, 15) is 4.79 Å². The van der Waals surface area contributed by atoms with E-state index in [1.807, 2.05) is 11.8 Å². The monoisotopic (exact) mass is 222 g/mol. The van der Waals surface area contributed by atoms with E-state index in [0.717, 1.165) is 38.2 Å². The molecule has 1 fully saturated rings. The Balaban J connectivity index is 1.96. The van der Waals surface area contributed by atoms with Gasteiger partial charge in [-0.3, -0.25) is 4.79 Å². The van der Waals surface area contributed by atoms with Gasteiger partial charge in [0.15, 0.2) is 0 Å². The third kappa shape index (κ3) is 2.27. The van der Waals surface area contributed by atoms with Gasteiger partial charge in [0, 0.05) is 13.1 Å². The van der Waals surface area contributed by atoms with E-state index in [1.54, 1.807) is 6.07 Å². The minimum Gasteiger partial charge on any atom is -0.469 e. The standard InChI is InChI=1S/C12H18N2O2/c1-9-6-11(8-16-9)12(15)14-4-2-10(7-13)3-5-14/h6,8,10H,2-5,7,13H2,1H3. The molecule has 0 saturated carbocycles. The van der Waals surface area contributed by atoms with E-state index in [4.69, 9.17) is 10.2 Å². The van der Waals surface area contributed by atoms with Gasteiger partial charge < -0.3 is 15.1 Å². The van der Waals surface area contributed by atoms with E-state index in [2.05, 4.69) is 0 Å². The average Bonchev–Trinajstić information content (AvgIpc) is 2.75. The first-order valence-corrected chi connectivity index (χ1v) is 5.75. The SMILES string of the molecule is Cc1cc(C(=O)N2CCC(CN)CC2)co1. The summed E-state index contributed by atoms with van der Waals surface area (Å²) in [4.78, 5) is 13.9. The molecule has 1 aromatic rings. The lowest BCUT2D eigenvalue weighted by atomic mass is 9.97. The highest BCUT2D eigenvalue weighted by molar-refractivity contribution is 5.94. The van der Waals surface area contributed by atoms with Crippen LogP contribution in [0.4, 0.5) is 0 Å². The van der Waals surface area contributed by atoms with E-state index in [1.165, 1.54) is 6.26 Å². The number of aryl methyl sites for hydroxylation is 1. The summed E-state index contributed by atoms with van der Waals surface area (Å²) in [5.74, 6) is 1.43. The van der Waals surface area contributed by atoms with Gasteiger partial charge in [-0.2, -0.15) is 0 Å². The molecule has 1 amide bonds. The van der Waals surface area contributed by atoms with Crippen LogP contribution in [0.1, 0.15) is 29.0 Å². The molecule has 0 radical (unpaired) electrons. The lowest BCUT2D eigenvalue weighted by Gasteiger charge is -2.31. The van der Waals surface area contributed by atoms with E-state index in [0.29, 0.717) is 11.5 Å². The molecule has 4 heteroatoms. The highest BCUT2D eigenvalue weighted by Gasteiger charge is 2.23. The predicted octanol–water partition coefficient (Wildman–Crippen LogP) is 1.40. The summed E-state index contributed by atoms with van der Waals surface area (Å²) >= 11 is 0. The molecule has 0 aromatic carbocycles. The number of nitrogens with zero attached hydrogens (tertiary/aromatic N) is 1. The Morgan fingerprint density at radius 1 is 1.56 bits per heavy atom. The number of furan rings is 1. The van der Waals surface area contributed by atoms with Gasteiger partial charge in [-0.15, -0.1) is 0 Å². The van der Waals surface area contributed by atoms with Crippen molar-refractivity contribution in [3.05, 3.63) is 23.7 Å². The maximum atomic E-state index is 12.0. The Bertz CT molecular complexity index is 365. The van der Waals surface area contributed by atoms with Crippen molar-refractivity contribution >= 4 is 5.91 Å². The van der Waals surface area contributed by atoms with Gasteiger partial charge in [-0.1, -0.05) is 0 Å². The number of carbonyl (C=O) groups excluding carboxylic acids is 1. The zero-order valence-corrected chi connectivity index (χ0v) is 9.61. The number of rotatable bonds is 2. The molecule has 0 unspecified atom stereocenters. The normalized spacial score (nSPS) is 17.8. The van der Waals surface area contributed by atoms with E-state index >= 15 is 0 Å². The zero-order valence-electron chi connectivity index (χ0n) is 9.61. The summed E-state index contributed by atoms with van der Waals surface area (Å²) in [7, 11) is 0. The van der Waals surface area contributed by atoms with Crippen LogP contribution < -0.4 is 5.73 Å². The lowest BCUT2D eigenvalue weighted by Crippen LogP contribution is -2.39. The van der Waals surface area contributed by atoms with Crippen molar-refractivity contribution in [2.45, 2.75) is 19.8 Å². The van der Waals surface area contributed by atoms with Crippen molar-refractivity contribution in [1.29, 1.82) is 0 Å². The van der Waals surface area contributed by atoms with Crippen LogP contribution in [0.3, 0.4) is 0 Å². The topological polar surface area (TPSA) is 59.5 Å². The van der Waals surface area contributed by atoms with Crippen molar-refractivity contribution < 1.29 is 9.21 Å². The molecule has 0 bridgehead atoms. The summed E-state index contributed by atoms with van der Waals surface area (Å²) in [6, 6.07) is 1.79. The van der Waals surface area contributed by atoms with Gasteiger partial charge in [-0.05, 0) is 38.3 Å². The van der Waals surface area contributed by atoms with Crippen molar-refractivity contribution in [1.82, 2.24) is 4.90 Å². The van der Waals surface area contributed by atoms with Crippen LogP contribution in [-0.4, -0.2) is 30.4 Å². The molecule has 1 aromatic heterocycles. The van der Waals surface area contributed by atoms with Gasteiger partial charge >= 0.3 is 0 Å². The van der Waals surface area contributed by atoms with Gasteiger partial charge in [0.1, 0.15) is 12.0 Å². The summed E-state index contributed by atoms with van der Waals surface area (Å²) in [6.45, 7) is 4.19. The largest absolute Gasteiger partial charge is 0.469 e. The smallest absolute Gasteiger partial charge is 0.257 e. The second-order valence-electron chi connectivity index (χ2n) is 4.42. The number of nitrogens with two attached hydrogens (primary N) is 1. The van der Waals surface area contributed by atoms with Crippen molar-refractivity contribution in [3.8, 4) is 0 Å². The molecule has 16 heavy (non-hydrogen) atoms. The third-order valence-electron chi connectivity index (χ3n) is 3.21. The molecular formula is C12H18N2O2. The van der Waals surface area contributed by atoms with Crippen molar-refractivity contribution in [2.75, 3.05) is 19.6 Å². The number of carbonyl (C=O) groups is 1. The van der Waals surface area contributed by atoms with E-state index < -0.39 is 0 Å². The molecule has 88 valence electrons. The molecule has 0 aliphatic carbocycles. The number of likely N-dealkylation sites (tertiary alicyclic amines) is 1. The number of hydrogen-bond donors (Lipinski definition) is 1. The first kappa shape index (κ1) is 11.2. The number of amides is 1. The minimum absolute atomic E-state index is 0.0762. The lowest BCUT2D eigenvalue weighted by molar-refractivity contribution is 0.0692. The zero-order chi connectivity index (χ0) is 11.5. The quantitative estimate of drug-likeness (QED) is 0.822. The Morgan fingerprint density at radius 2 is 2.25 bits per heavy atom. The predicted molar refractivity (Wildman–Crippen MR) is 61.1 cm³/mol. The van der Waals surface area contributed by atoms with Crippen LogP contribution in [0.15, 0.2) is 16.7 Å². The molecule has 2 rings (SSSR count). The van der Waals surface area contributed by atoms with Crippen LogP contribution in [0, 0.1) is 12.8 Å². The number of piperidine rings is 1. The fourth-order valence-electron chi connectivity index (χ4n) is 2.11. The molecule has 4 nitrogen and oxygen atoms in total. The summed E-state index contributed by atoms with van der Waals surface area (Å²) in [5, 5.41) is 0. The Kier molecular flexibility index (Phi) is 3.29. The van der Waals surface area contributed by atoms with E-state index in [-0.39, 0.29) is 5.91 Å². The van der Waals surface area contributed by atoms with Crippen LogP contribution in [0.25, 0.3) is 0 Å². The molecular weight excluding hydrogens is 204 g/mol.